The van der Waals surface area contributed by atoms with Gasteiger partial charge in [0.1, 0.15) is 12.2 Å². The van der Waals surface area contributed by atoms with Crippen molar-refractivity contribution in [2.24, 2.45) is 0 Å². The van der Waals surface area contributed by atoms with Crippen LogP contribution in [0.25, 0.3) is 0 Å². The van der Waals surface area contributed by atoms with Crippen LogP contribution in [0.5, 0.6) is 0 Å². The van der Waals surface area contributed by atoms with Crippen molar-refractivity contribution in [1.82, 2.24) is 5.32 Å². The molecule has 5 N–H and O–H groups in total. The Morgan fingerprint density at radius 3 is 1.16 bits per heavy atom. The first-order valence-electron chi connectivity index (χ1n) is 23.5. The highest BCUT2D eigenvalue weighted by atomic mass is 16.3. The summed E-state index contributed by atoms with van der Waals surface area (Å²) in [6.45, 7) is 4.02. The van der Waals surface area contributed by atoms with E-state index >= 15 is 0 Å². The first-order chi connectivity index (χ1) is 27.0. The van der Waals surface area contributed by atoms with Gasteiger partial charge in [-0.3, -0.25) is 4.79 Å². The lowest BCUT2D eigenvalue weighted by Crippen LogP contribution is -2.53. The SMILES string of the molecule is CCCCCC/C=C\CCCCCCCCC(O)C(=O)NC(CO)C(O)C(O)CCC/C=C/CC/C=C/CC/C=C/CCCCCCCCCCCCCC. The second-order valence-corrected chi connectivity index (χ2v) is 16.1. The fraction of sp³-hybridized carbons (Fsp3) is 0.816. The van der Waals surface area contributed by atoms with Crippen LogP contribution in [0.1, 0.15) is 226 Å². The lowest BCUT2D eigenvalue weighted by Gasteiger charge is -2.27. The molecular weight excluding hydrogens is 683 g/mol. The van der Waals surface area contributed by atoms with Crippen molar-refractivity contribution in [3.8, 4) is 0 Å². The number of hydrogen-bond donors (Lipinski definition) is 5. The van der Waals surface area contributed by atoms with Crippen molar-refractivity contribution in [2.75, 3.05) is 6.61 Å². The molecule has 0 aromatic heterocycles. The summed E-state index contributed by atoms with van der Waals surface area (Å²) in [4.78, 5) is 12.5. The Kier molecular flexibility index (Phi) is 42.0. The minimum absolute atomic E-state index is 0.350. The van der Waals surface area contributed by atoms with Gasteiger partial charge in [0.2, 0.25) is 5.91 Å². The van der Waals surface area contributed by atoms with Crippen LogP contribution in [0.4, 0.5) is 0 Å². The van der Waals surface area contributed by atoms with Crippen LogP contribution >= 0.6 is 0 Å². The highest BCUT2D eigenvalue weighted by Crippen LogP contribution is 2.15. The Bertz CT molecular complexity index is 915. The number of carbonyl (C=O) groups excluding carboxylic acids is 1. The molecule has 322 valence electrons. The van der Waals surface area contributed by atoms with Gasteiger partial charge in [0, 0.05) is 0 Å². The average Bonchev–Trinajstić information content (AvgIpc) is 3.19. The fourth-order valence-corrected chi connectivity index (χ4v) is 6.96. The molecule has 0 aliphatic carbocycles. The molecule has 0 aliphatic rings. The van der Waals surface area contributed by atoms with Crippen molar-refractivity contribution in [3.05, 3.63) is 48.6 Å². The lowest BCUT2D eigenvalue weighted by molar-refractivity contribution is -0.132. The number of nitrogens with one attached hydrogen (secondary N) is 1. The zero-order valence-corrected chi connectivity index (χ0v) is 36.2. The molecule has 55 heavy (non-hydrogen) atoms. The molecule has 0 fully saturated rings. The highest BCUT2D eigenvalue weighted by Gasteiger charge is 2.28. The molecular formula is C49H91NO5. The summed E-state index contributed by atoms with van der Waals surface area (Å²) in [5.74, 6) is -0.606. The molecule has 0 rings (SSSR count). The van der Waals surface area contributed by atoms with Crippen molar-refractivity contribution in [3.63, 3.8) is 0 Å². The number of rotatable bonds is 42. The van der Waals surface area contributed by atoms with E-state index < -0.39 is 36.9 Å². The molecule has 0 aromatic carbocycles. The highest BCUT2D eigenvalue weighted by molar-refractivity contribution is 5.80. The van der Waals surface area contributed by atoms with E-state index in [2.05, 4.69) is 67.8 Å². The van der Waals surface area contributed by atoms with Gasteiger partial charge in [0.25, 0.3) is 0 Å². The van der Waals surface area contributed by atoms with Gasteiger partial charge in [-0.15, -0.1) is 0 Å². The summed E-state index contributed by atoms with van der Waals surface area (Å²) in [5.41, 5.74) is 0. The molecule has 6 heteroatoms. The standard InChI is InChI=1S/C49H91NO5/c1-3-5-7-9-11-13-15-17-19-20-21-22-23-24-25-26-27-28-29-31-32-34-36-38-40-42-46(52)48(54)45(44-51)50-49(55)47(53)43-41-39-37-35-33-30-18-16-14-12-10-8-6-4-2/h14,16,24-25,28-29,34,36,45-48,51-54H,3-13,15,17-23,26-27,30-33,35,37-44H2,1-2H3,(H,50,55)/b16-14-,25-24+,29-28+,36-34+. The number of carbonyl (C=O) groups is 1. The fourth-order valence-electron chi connectivity index (χ4n) is 6.96. The van der Waals surface area contributed by atoms with Crippen LogP contribution in [-0.2, 0) is 4.79 Å². The first-order valence-corrected chi connectivity index (χ1v) is 23.5. The van der Waals surface area contributed by atoms with Crippen LogP contribution in [0.15, 0.2) is 48.6 Å². The maximum absolute atomic E-state index is 12.5. The normalized spacial score (nSPS) is 14.5. The molecule has 0 bridgehead atoms. The predicted octanol–water partition coefficient (Wildman–Crippen LogP) is 12.7. The zero-order chi connectivity index (χ0) is 40.3. The smallest absolute Gasteiger partial charge is 0.249 e. The molecule has 0 aliphatic heterocycles. The predicted molar refractivity (Wildman–Crippen MR) is 237 cm³/mol. The Hall–Kier alpha value is -1.73. The van der Waals surface area contributed by atoms with E-state index in [1.165, 1.54) is 128 Å². The van der Waals surface area contributed by atoms with Gasteiger partial charge in [-0.25, -0.2) is 0 Å². The maximum atomic E-state index is 12.5. The Labute approximate surface area is 340 Å². The molecule has 4 atom stereocenters. The van der Waals surface area contributed by atoms with Crippen LogP contribution < -0.4 is 5.32 Å². The van der Waals surface area contributed by atoms with Crippen LogP contribution in [0, 0.1) is 0 Å². The summed E-state index contributed by atoms with van der Waals surface area (Å²) in [7, 11) is 0. The first kappa shape index (κ1) is 53.3. The molecule has 1 amide bonds. The summed E-state index contributed by atoms with van der Waals surface area (Å²) < 4.78 is 0. The Morgan fingerprint density at radius 1 is 0.436 bits per heavy atom. The van der Waals surface area contributed by atoms with Crippen molar-refractivity contribution in [1.29, 1.82) is 0 Å². The summed E-state index contributed by atoms with van der Waals surface area (Å²) in [6.07, 6.45) is 53.0. The van der Waals surface area contributed by atoms with Crippen molar-refractivity contribution < 1.29 is 25.2 Å². The molecule has 0 spiro atoms. The number of hydrogen-bond acceptors (Lipinski definition) is 5. The Balaban J connectivity index is 3.80. The van der Waals surface area contributed by atoms with E-state index in [0.717, 1.165) is 64.2 Å². The molecule has 0 aromatic rings. The number of unbranched alkanes of at least 4 members (excludes halogenated alkanes) is 25. The van der Waals surface area contributed by atoms with E-state index in [4.69, 9.17) is 0 Å². The second-order valence-electron chi connectivity index (χ2n) is 16.1. The summed E-state index contributed by atoms with van der Waals surface area (Å²) in [5, 5.41) is 43.7. The summed E-state index contributed by atoms with van der Waals surface area (Å²) in [6, 6.07) is -1.01. The second kappa shape index (κ2) is 43.4. The van der Waals surface area contributed by atoms with Crippen LogP contribution in [0.3, 0.4) is 0 Å². The van der Waals surface area contributed by atoms with E-state index in [-0.39, 0.29) is 0 Å². The van der Waals surface area contributed by atoms with Gasteiger partial charge in [-0.05, 0) is 89.9 Å². The van der Waals surface area contributed by atoms with Crippen molar-refractivity contribution >= 4 is 5.91 Å². The summed E-state index contributed by atoms with van der Waals surface area (Å²) >= 11 is 0. The van der Waals surface area contributed by atoms with E-state index in [0.29, 0.717) is 19.3 Å². The quantitative estimate of drug-likeness (QED) is 0.0313. The third-order valence-electron chi connectivity index (χ3n) is 10.7. The minimum atomic E-state index is -1.30. The largest absolute Gasteiger partial charge is 0.394 e. The van der Waals surface area contributed by atoms with Gasteiger partial charge >= 0.3 is 0 Å². The number of allylic oxidation sites excluding steroid dienone is 8. The van der Waals surface area contributed by atoms with Gasteiger partial charge < -0.3 is 25.7 Å². The van der Waals surface area contributed by atoms with Gasteiger partial charge in [-0.2, -0.15) is 0 Å². The Morgan fingerprint density at radius 2 is 0.764 bits per heavy atom. The number of aliphatic hydroxyl groups is 4. The minimum Gasteiger partial charge on any atom is -0.394 e. The third-order valence-corrected chi connectivity index (χ3v) is 10.7. The number of amides is 1. The maximum Gasteiger partial charge on any atom is 0.249 e. The number of aliphatic hydroxyl groups excluding tert-OH is 4. The third kappa shape index (κ3) is 37.6. The monoisotopic (exact) mass is 774 g/mol. The van der Waals surface area contributed by atoms with Crippen molar-refractivity contribution in [2.45, 2.75) is 250 Å². The van der Waals surface area contributed by atoms with E-state index in [9.17, 15) is 25.2 Å². The molecule has 0 heterocycles. The van der Waals surface area contributed by atoms with Crippen LogP contribution in [0.2, 0.25) is 0 Å². The molecule has 4 unspecified atom stereocenters. The molecule has 6 nitrogen and oxygen atoms in total. The average molecular weight is 774 g/mol. The molecule has 0 radical (unpaired) electrons. The lowest BCUT2D eigenvalue weighted by atomic mass is 10.00. The van der Waals surface area contributed by atoms with Gasteiger partial charge in [-0.1, -0.05) is 184 Å². The van der Waals surface area contributed by atoms with E-state index in [1.807, 2.05) is 0 Å². The zero-order valence-electron chi connectivity index (χ0n) is 36.2. The van der Waals surface area contributed by atoms with Gasteiger partial charge in [0.15, 0.2) is 0 Å². The van der Waals surface area contributed by atoms with Gasteiger partial charge in [0.05, 0.1) is 18.8 Å². The van der Waals surface area contributed by atoms with Crippen LogP contribution in [-0.4, -0.2) is 57.3 Å². The molecule has 0 saturated heterocycles. The molecule has 0 saturated carbocycles. The van der Waals surface area contributed by atoms with E-state index in [1.54, 1.807) is 0 Å². The topological polar surface area (TPSA) is 110 Å².